The van der Waals surface area contributed by atoms with E-state index in [0.717, 1.165) is 16.3 Å². The fourth-order valence-corrected chi connectivity index (χ4v) is 3.25. The summed E-state index contributed by atoms with van der Waals surface area (Å²) in [4.78, 5) is 14.4. The molecule has 0 aliphatic rings. The molecule has 0 fully saturated rings. The van der Waals surface area contributed by atoms with Gasteiger partial charge in [0.15, 0.2) is 5.82 Å². The zero-order valence-corrected chi connectivity index (χ0v) is 11.9. The number of fused-ring (bicyclic) bond motifs is 1. The molecule has 4 aromatic rings. The standard InChI is InChI=1S/C17H11N3S/c1-2-7-15-12(5-1)11-16(21-15)13-8-10-19-17(20-13)14-6-3-4-9-18-14/h1-11H. The Morgan fingerprint density at radius 3 is 2.52 bits per heavy atom. The Morgan fingerprint density at radius 2 is 1.67 bits per heavy atom. The van der Waals surface area contributed by atoms with E-state index in [1.165, 1.54) is 10.1 Å². The summed E-state index contributed by atoms with van der Waals surface area (Å²) in [6.45, 7) is 0. The van der Waals surface area contributed by atoms with Gasteiger partial charge in [0.25, 0.3) is 0 Å². The molecule has 0 aliphatic heterocycles. The van der Waals surface area contributed by atoms with Gasteiger partial charge >= 0.3 is 0 Å². The van der Waals surface area contributed by atoms with E-state index in [1.807, 2.05) is 24.3 Å². The molecule has 100 valence electrons. The lowest BCUT2D eigenvalue weighted by Gasteiger charge is -2.01. The van der Waals surface area contributed by atoms with Gasteiger partial charge in [-0.1, -0.05) is 24.3 Å². The highest BCUT2D eigenvalue weighted by atomic mass is 32.1. The van der Waals surface area contributed by atoms with Crippen molar-refractivity contribution < 1.29 is 0 Å². The molecule has 3 aromatic heterocycles. The molecule has 3 nitrogen and oxygen atoms in total. The highest BCUT2D eigenvalue weighted by Gasteiger charge is 2.08. The van der Waals surface area contributed by atoms with Crippen molar-refractivity contribution in [2.24, 2.45) is 0 Å². The van der Waals surface area contributed by atoms with Crippen molar-refractivity contribution in [3.05, 3.63) is 67.0 Å². The molecular formula is C17H11N3S. The Morgan fingerprint density at radius 1 is 0.762 bits per heavy atom. The molecule has 0 saturated carbocycles. The second kappa shape index (κ2) is 5.07. The zero-order chi connectivity index (χ0) is 14.1. The van der Waals surface area contributed by atoms with Crippen LogP contribution < -0.4 is 0 Å². The first-order chi connectivity index (χ1) is 10.4. The second-order valence-corrected chi connectivity index (χ2v) is 5.71. The number of pyridine rings is 1. The average Bonchev–Trinajstić information content (AvgIpc) is 3.00. The summed E-state index contributed by atoms with van der Waals surface area (Å²) in [5.74, 6) is 0.658. The molecule has 4 heteroatoms. The van der Waals surface area contributed by atoms with Crippen LogP contribution in [0, 0.1) is 0 Å². The molecule has 21 heavy (non-hydrogen) atoms. The summed E-state index contributed by atoms with van der Waals surface area (Å²) < 4.78 is 1.27. The molecule has 0 N–H and O–H groups in total. The van der Waals surface area contributed by atoms with Crippen molar-refractivity contribution in [1.29, 1.82) is 0 Å². The van der Waals surface area contributed by atoms with E-state index in [0.29, 0.717) is 5.82 Å². The maximum atomic E-state index is 4.65. The molecule has 1 aromatic carbocycles. The normalized spacial score (nSPS) is 10.9. The fourth-order valence-electron chi connectivity index (χ4n) is 2.22. The number of hydrogen-bond donors (Lipinski definition) is 0. The minimum atomic E-state index is 0.658. The predicted octanol–water partition coefficient (Wildman–Crippen LogP) is 4.42. The van der Waals surface area contributed by atoms with Crippen LogP contribution in [0.3, 0.4) is 0 Å². The predicted molar refractivity (Wildman–Crippen MR) is 86.1 cm³/mol. The third-order valence-electron chi connectivity index (χ3n) is 3.23. The van der Waals surface area contributed by atoms with Gasteiger partial charge in [0.2, 0.25) is 0 Å². The Balaban J connectivity index is 1.82. The monoisotopic (exact) mass is 289 g/mol. The van der Waals surface area contributed by atoms with Gasteiger partial charge in [0.1, 0.15) is 5.69 Å². The van der Waals surface area contributed by atoms with Crippen LogP contribution in [0.4, 0.5) is 0 Å². The Kier molecular flexibility index (Phi) is 2.94. The quantitative estimate of drug-likeness (QED) is 0.548. The first-order valence-corrected chi connectivity index (χ1v) is 7.45. The molecular weight excluding hydrogens is 278 g/mol. The molecule has 3 heterocycles. The number of rotatable bonds is 2. The number of aromatic nitrogens is 3. The van der Waals surface area contributed by atoms with Crippen LogP contribution in [0.15, 0.2) is 67.0 Å². The minimum Gasteiger partial charge on any atom is -0.253 e. The van der Waals surface area contributed by atoms with E-state index < -0.39 is 0 Å². The molecule has 0 saturated heterocycles. The van der Waals surface area contributed by atoms with Crippen LogP contribution in [-0.4, -0.2) is 15.0 Å². The number of thiophene rings is 1. The molecule has 0 atom stereocenters. The van der Waals surface area contributed by atoms with Gasteiger partial charge < -0.3 is 0 Å². The largest absolute Gasteiger partial charge is 0.253 e. The third-order valence-corrected chi connectivity index (χ3v) is 4.37. The van der Waals surface area contributed by atoms with Crippen LogP contribution >= 0.6 is 11.3 Å². The molecule has 0 radical (unpaired) electrons. The molecule has 4 rings (SSSR count). The van der Waals surface area contributed by atoms with Crippen molar-refractivity contribution >= 4 is 21.4 Å². The summed E-state index contributed by atoms with van der Waals surface area (Å²) in [6.07, 6.45) is 3.54. The van der Waals surface area contributed by atoms with Crippen molar-refractivity contribution in [2.75, 3.05) is 0 Å². The highest BCUT2D eigenvalue weighted by molar-refractivity contribution is 7.22. The van der Waals surface area contributed by atoms with Gasteiger partial charge in [-0.15, -0.1) is 11.3 Å². The molecule has 0 unspecified atom stereocenters. The topological polar surface area (TPSA) is 38.7 Å². The van der Waals surface area contributed by atoms with E-state index in [1.54, 1.807) is 23.7 Å². The van der Waals surface area contributed by atoms with Gasteiger partial charge in [0, 0.05) is 17.1 Å². The van der Waals surface area contributed by atoms with Crippen LogP contribution in [-0.2, 0) is 0 Å². The zero-order valence-electron chi connectivity index (χ0n) is 11.1. The van der Waals surface area contributed by atoms with E-state index in [2.05, 4.69) is 45.3 Å². The smallest absolute Gasteiger partial charge is 0.178 e. The molecule has 0 spiro atoms. The maximum Gasteiger partial charge on any atom is 0.178 e. The SMILES string of the molecule is c1ccc(-c2nccc(-c3cc4ccccc4s3)n2)nc1. The number of nitrogens with zero attached hydrogens (tertiary/aromatic N) is 3. The van der Waals surface area contributed by atoms with Gasteiger partial charge in [-0.2, -0.15) is 0 Å². The van der Waals surface area contributed by atoms with E-state index in [4.69, 9.17) is 0 Å². The highest BCUT2D eigenvalue weighted by Crippen LogP contribution is 2.32. The van der Waals surface area contributed by atoms with Crippen LogP contribution in [0.1, 0.15) is 0 Å². The van der Waals surface area contributed by atoms with Crippen molar-refractivity contribution in [3.8, 4) is 22.1 Å². The lowest BCUT2D eigenvalue weighted by Crippen LogP contribution is -1.92. The Labute approximate surface area is 126 Å². The van der Waals surface area contributed by atoms with Crippen molar-refractivity contribution in [2.45, 2.75) is 0 Å². The molecule has 0 aliphatic carbocycles. The summed E-state index contributed by atoms with van der Waals surface area (Å²) in [5, 5.41) is 1.25. The second-order valence-electron chi connectivity index (χ2n) is 4.63. The molecule has 0 amide bonds. The van der Waals surface area contributed by atoms with Gasteiger partial charge in [-0.3, -0.25) is 4.98 Å². The fraction of sp³-hybridized carbons (Fsp3) is 0. The van der Waals surface area contributed by atoms with E-state index >= 15 is 0 Å². The van der Waals surface area contributed by atoms with Crippen LogP contribution in [0.5, 0.6) is 0 Å². The summed E-state index contributed by atoms with van der Waals surface area (Å²) in [5.41, 5.74) is 1.73. The van der Waals surface area contributed by atoms with Gasteiger partial charge in [-0.05, 0) is 35.7 Å². The van der Waals surface area contributed by atoms with Crippen LogP contribution in [0.25, 0.3) is 32.2 Å². The minimum absolute atomic E-state index is 0.658. The van der Waals surface area contributed by atoms with E-state index in [9.17, 15) is 0 Å². The average molecular weight is 289 g/mol. The van der Waals surface area contributed by atoms with Gasteiger partial charge in [0.05, 0.1) is 10.6 Å². The Hall–Kier alpha value is -2.59. The van der Waals surface area contributed by atoms with Crippen molar-refractivity contribution in [1.82, 2.24) is 15.0 Å². The summed E-state index contributed by atoms with van der Waals surface area (Å²) in [7, 11) is 0. The maximum absolute atomic E-state index is 4.65. The third kappa shape index (κ3) is 2.30. The first kappa shape index (κ1) is 12.2. The van der Waals surface area contributed by atoms with Crippen molar-refractivity contribution in [3.63, 3.8) is 0 Å². The summed E-state index contributed by atoms with van der Waals surface area (Å²) in [6, 6.07) is 18.2. The molecule has 0 bridgehead atoms. The number of benzene rings is 1. The van der Waals surface area contributed by atoms with E-state index in [-0.39, 0.29) is 0 Å². The lowest BCUT2D eigenvalue weighted by atomic mass is 10.2. The Bertz CT molecular complexity index is 867. The van der Waals surface area contributed by atoms with Gasteiger partial charge in [-0.25, -0.2) is 9.97 Å². The number of hydrogen-bond acceptors (Lipinski definition) is 4. The van der Waals surface area contributed by atoms with Crippen LogP contribution in [0.2, 0.25) is 0 Å². The summed E-state index contributed by atoms with van der Waals surface area (Å²) >= 11 is 1.74. The lowest BCUT2D eigenvalue weighted by molar-refractivity contribution is 1.15. The first-order valence-electron chi connectivity index (χ1n) is 6.63.